The van der Waals surface area contributed by atoms with Crippen LogP contribution in [0, 0.1) is 0 Å². The molecule has 0 aliphatic rings. The first-order valence-electron chi connectivity index (χ1n) is 6.42. The number of carbonyl (C=O) groups is 2. The van der Waals surface area contributed by atoms with Crippen molar-refractivity contribution in [2.75, 3.05) is 11.1 Å². The fraction of sp³-hybridized carbons (Fsp3) is 0.125. The number of hydrogen-bond acceptors (Lipinski definition) is 3. The fourth-order valence-electron chi connectivity index (χ4n) is 1.81. The number of anilines is 1. The van der Waals surface area contributed by atoms with Crippen molar-refractivity contribution in [1.82, 2.24) is 0 Å². The van der Waals surface area contributed by atoms with Crippen molar-refractivity contribution in [3.05, 3.63) is 60.2 Å². The van der Waals surface area contributed by atoms with Gasteiger partial charge in [-0.3, -0.25) is 9.59 Å². The molecule has 0 unspecified atom stereocenters. The Kier molecular flexibility index (Phi) is 5.40. The summed E-state index contributed by atoms with van der Waals surface area (Å²) in [5, 5.41) is 11.6. The number of benzene rings is 2. The molecular weight excluding hydrogens is 286 g/mol. The van der Waals surface area contributed by atoms with Crippen molar-refractivity contribution in [1.29, 1.82) is 0 Å². The number of carboxylic acid groups (broad SMARTS) is 1. The average Bonchev–Trinajstić information content (AvgIpc) is 2.48. The molecular formula is C16H15NO3S. The van der Waals surface area contributed by atoms with Gasteiger partial charge >= 0.3 is 5.97 Å². The molecule has 21 heavy (non-hydrogen) atoms. The Morgan fingerprint density at radius 2 is 1.67 bits per heavy atom. The Morgan fingerprint density at radius 1 is 1.00 bits per heavy atom. The minimum absolute atomic E-state index is 0.109. The Hall–Kier alpha value is -2.27. The van der Waals surface area contributed by atoms with Crippen molar-refractivity contribution >= 4 is 29.3 Å². The van der Waals surface area contributed by atoms with Crippen LogP contribution in [0.3, 0.4) is 0 Å². The zero-order valence-corrected chi connectivity index (χ0v) is 12.1. The fourth-order valence-corrected chi connectivity index (χ4v) is 2.53. The number of carbonyl (C=O) groups excluding carboxylic acids is 1. The molecule has 0 aliphatic carbocycles. The van der Waals surface area contributed by atoms with E-state index < -0.39 is 5.97 Å². The predicted octanol–water partition coefficient (Wildman–Crippen LogP) is 3.04. The highest BCUT2D eigenvalue weighted by atomic mass is 32.2. The van der Waals surface area contributed by atoms with E-state index in [9.17, 15) is 9.59 Å². The molecule has 0 aliphatic heterocycles. The smallest absolute Gasteiger partial charge is 0.307 e. The van der Waals surface area contributed by atoms with Crippen molar-refractivity contribution in [2.45, 2.75) is 11.3 Å². The second kappa shape index (κ2) is 7.50. The number of hydrogen-bond donors (Lipinski definition) is 2. The summed E-state index contributed by atoms with van der Waals surface area (Å²) in [6.07, 6.45) is -0.109. The molecule has 2 aromatic carbocycles. The van der Waals surface area contributed by atoms with Crippen LogP contribution >= 0.6 is 11.8 Å². The molecule has 0 bridgehead atoms. The van der Waals surface area contributed by atoms with Gasteiger partial charge in [0.25, 0.3) is 0 Å². The third-order valence-electron chi connectivity index (χ3n) is 2.75. The molecule has 0 fully saturated rings. The van der Waals surface area contributed by atoms with Crippen molar-refractivity contribution in [3.63, 3.8) is 0 Å². The Labute approximate surface area is 127 Å². The minimum Gasteiger partial charge on any atom is -0.481 e. The van der Waals surface area contributed by atoms with Crippen LogP contribution in [0.5, 0.6) is 0 Å². The van der Waals surface area contributed by atoms with E-state index in [0.717, 1.165) is 4.90 Å². The molecule has 2 rings (SSSR count). The van der Waals surface area contributed by atoms with Crippen LogP contribution in [0.25, 0.3) is 0 Å². The van der Waals surface area contributed by atoms with Crippen LogP contribution in [0.2, 0.25) is 0 Å². The lowest BCUT2D eigenvalue weighted by atomic mass is 10.1. The van der Waals surface area contributed by atoms with Crippen LogP contribution in [0.4, 0.5) is 5.69 Å². The van der Waals surface area contributed by atoms with Gasteiger partial charge in [-0.05, 0) is 23.8 Å². The third-order valence-corrected chi connectivity index (χ3v) is 3.76. The van der Waals surface area contributed by atoms with E-state index in [4.69, 9.17) is 5.11 Å². The predicted molar refractivity (Wildman–Crippen MR) is 83.6 cm³/mol. The van der Waals surface area contributed by atoms with E-state index in [2.05, 4.69) is 5.32 Å². The number of carboxylic acids is 1. The van der Waals surface area contributed by atoms with Gasteiger partial charge in [-0.2, -0.15) is 0 Å². The van der Waals surface area contributed by atoms with Gasteiger partial charge < -0.3 is 10.4 Å². The van der Waals surface area contributed by atoms with Gasteiger partial charge in [-0.15, -0.1) is 11.8 Å². The van der Waals surface area contributed by atoms with Gasteiger partial charge in [-0.25, -0.2) is 0 Å². The highest BCUT2D eigenvalue weighted by Gasteiger charge is 2.09. The first-order chi connectivity index (χ1) is 10.1. The largest absolute Gasteiger partial charge is 0.481 e. The number of amides is 1. The highest BCUT2D eigenvalue weighted by Crippen LogP contribution is 2.19. The van der Waals surface area contributed by atoms with Crippen molar-refractivity contribution in [3.8, 4) is 0 Å². The lowest BCUT2D eigenvalue weighted by Crippen LogP contribution is -2.16. The Morgan fingerprint density at radius 3 is 2.38 bits per heavy atom. The van der Waals surface area contributed by atoms with Crippen LogP contribution < -0.4 is 5.32 Å². The van der Waals surface area contributed by atoms with Gasteiger partial charge in [0.15, 0.2) is 0 Å². The average molecular weight is 301 g/mol. The Balaban J connectivity index is 1.95. The molecule has 1 amide bonds. The molecule has 108 valence electrons. The molecule has 0 heterocycles. The second-order valence-corrected chi connectivity index (χ2v) is 5.43. The van der Waals surface area contributed by atoms with E-state index in [1.165, 1.54) is 11.8 Å². The zero-order chi connectivity index (χ0) is 15.1. The lowest BCUT2D eigenvalue weighted by Gasteiger charge is -2.09. The molecule has 0 aromatic heterocycles. The van der Waals surface area contributed by atoms with Crippen LogP contribution in [0.15, 0.2) is 59.5 Å². The molecule has 5 heteroatoms. The summed E-state index contributed by atoms with van der Waals surface area (Å²) in [6, 6.07) is 16.6. The normalized spacial score (nSPS) is 10.1. The van der Waals surface area contributed by atoms with Crippen molar-refractivity contribution in [2.24, 2.45) is 0 Å². The highest BCUT2D eigenvalue weighted by molar-refractivity contribution is 8.00. The summed E-state index contributed by atoms with van der Waals surface area (Å²) >= 11 is 1.44. The Bertz CT molecular complexity index is 628. The first-order valence-corrected chi connectivity index (χ1v) is 7.41. The number of aliphatic carboxylic acids is 1. The number of para-hydroxylation sites is 1. The van der Waals surface area contributed by atoms with Gasteiger partial charge in [-0.1, -0.05) is 36.4 Å². The van der Waals surface area contributed by atoms with Gasteiger partial charge in [0, 0.05) is 10.6 Å². The molecule has 4 nitrogen and oxygen atoms in total. The van der Waals surface area contributed by atoms with Gasteiger partial charge in [0.1, 0.15) is 0 Å². The molecule has 0 saturated carbocycles. The van der Waals surface area contributed by atoms with Crippen LogP contribution in [-0.2, 0) is 16.0 Å². The summed E-state index contributed by atoms with van der Waals surface area (Å²) < 4.78 is 0. The van der Waals surface area contributed by atoms with Gasteiger partial charge in [0.2, 0.25) is 5.91 Å². The molecule has 0 radical (unpaired) electrons. The molecule has 0 spiro atoms. The summed E-state index contributed by atoms with van der Waals surface area (Å²) in [7, 11) is 0. The van der Waals surface area contributed by atoms with Crippen LogP contribution in [0.1, 0.15) is 5.56 Å². The lowest BCUT2D eigenvalue weighted by molar-refractivity contribution is -0.136. The van der Waals surface area contributed by atoms with E-state index in [1.54, 1.807) is 24.3 Å². The van der Waals surface area contributed by atoms with Gasteiger partial charge in [0.05, 0.1) is 12.2 Å². The minimum atomic E-state index is -0.921. The third kappa shape index (κ3) is 4.96. The maximum atomic E-state index is 11.9. The zero-order valence-electron chi connectivity index (χ0n) is 11.3. The quantitative estimate of drug-likeness (QED) is 0.805. The number of nitrogens with one attached hydrogen (secondary N) is 1. The molecule has 0 atom stereocenters. The van der Waals surface area contributed by atoms with E-state index in [-0.39, 0.29) is 18.1 Å². The topological polar surface area (TPSA) is 66.4 Å². The number of rotatable bonds is 6. The van der Waals surface area contributed by atoms with E-state index in [0.29, 0.717) is 11.3 Å². The summed E-state index contributed by atoms with van der Waals surface area (Å²) in [4.78, 5) is 23.8. The maximum absolute atomic E-state index is 11.9. The SMILES string of the molecule is O=C(O)Cc1ccccc1NC(=O)CSc1ccccc1. The van der Waals surface area contributed by atoms with Crippen LogP contribution in [-0.4, -0.2) is 22.7 Å². The van der Waals surface area contributed by atoms with E-state index >= 15 is 0 Å². The first kappa shape index (κ1) is 15.1. The summed E-state index contributed by atoms with van der Waals surface area (Å²) in [5.74, 6) is -0.789. The molecule has 0 saturated heterocycles. The monoisotopic (exact) mass is 301 g/mol. The molecule has 2 N–H and O–H groups in total. The maximum Gasteiger partial charge on any atom is 0.307 e. The van der Waals surface area contributed by atoms with E-state index in [1.807, 2.05) is 30.3 Å². The summed E-state index contributed by atoms with van der Waals surface area (Å²) in [5.41, 5.74) is 1.15. The van der Waals surface area contributed by atoms with Crippen molar-refractivity contribution < 1.29 is 14.7 Å². The summed E-state index contributed by atoms with van der Waals surface area (Å²) in [6.45, 7) is 0. The second-order valence-electron chi connectivity index (χ2n) is 4.38. The number of thioether (sulfide) groups is 1. The standard InChI is InChI=1S/C16H15NO3S/c18-15(11-21-13-7-2-1-3-8-13)17-14-9-5-4-6-12(14)10-16(19)20/h1-9H,10-11H2,(H,17,18)(H,19,20). The molecule has 2 aromatic rings.